The molecule has 0 bridgehead atoms. The molecular weight excluding hydrogens is 316 g/mol. The van der Waals surface area contributed by atoms with E-state index in [4.69, 9.17) is 0 Å². The number of hydrogen-bond acceptors (Lipinski definition) is 5. The monoisotopic (exact) mass is 338 g/mol. The molecule has 4 rings (SSSR count). The van der Waals surface area contributed by atoms with Gasteiger partial charge in [-0.15, -0.1) is 0 Å². The number of fused-ring (bicyclic) bond motifs is 1. The minimum atomic E-state index is -0.304. The summed E-state index contributed by atoms with van der Waals surface area (Å²) in [4.78, 5) is 17.2. The van der Waals surface area contributed by atoms with Crippen molar-refractivity contribution in [3.63, 3.8) is 0 Å². The summed E-state index contributed by atoms with van der Waals surface area (Å²) < 4.78 is 1.92. The Morgan fingerprint density at radius 3 is 2.84 bits per heavy atom. The predicted molar refractivity (Wildman–Crippen MR) is 96.3 cm³/mol. The van der Waals surface area contributed by atoms with Crippen LogP contribution in [-0.4, -0.2) is 20.4 Å². The Hall–Kier alpha value is -2.76. The van der Waals surface area contributed by atoms with E-state index in [0.29, 0.717) is 12.1 Å². The number of para-hydroxylation sites is 1. The van der Waals surface area contributed by atoms with Crippen molar-refractivity contribution in [3.8, 4) is 5.75 Å². The van der Waals surface area contributed by atoms with E-state index in [1.165, 1.54) is 0 Å². The van der Waals surface area contributed by atoms with Crippen LogP contribution in [0.15, 0.2) is 42.0 Å². The molecule has 130 valence electrons. The van der Waals surface area contributed by atoms with Gasteiger partial charge in [-0.1, -0.05) is 19.9 Å². The fourth-order valence-corrected chi connectivity index (χ4v) is 3.82. The predicted octanol–water partition coefficient (Wildman–Crippen LogP) is 3.35. The van der Waals surface area contributed by atoms with Gasteiger partial charge in [0.1, 0.15) is 11.4 Å². The van der Waals surface area contributed by atoms with E-state index in [2.05, 4.69) is 29.5 Å². The van der Waals surface area contributed by atoms with Gasteiger partial charge >= 0.3 is 0 Å². The van der Waals surface area contributed by atoms with Crippen molar-refractivity contribution >= 4 is 17.2 Å². The number of allylic oxidation sites excluding steroid dienone is 1. The van der Waals surface area contributed by atoms with Crippen molar-refractivity contribution in [2.75, 3.05) is 10.6 Å². The van der Waals surface area contributed by atoms with Crippen LogP contribution in [0.2, 0.25) is 0 Å². The molecule has 0 spiro atoms. The summed E-state index contributed by atoms with van der Waals surface area (Å²) >= 11 is 0. The van der Waals surface area contributed by atoms with Crippen molar-refractivity contribution in [1.29, 1.82) is 0 Å². The molecule has 2 heterocycles. The summed E-state index contributed by atoms with van der Waals surface area (Å²) in [5.41, 5.74) is 3.79. The van der Waals surface area contributed by atoms with E-state index in [-0.39, 0.29) is 23.0 Å². The van der Waals surface area contributed by atoms with Crippen LogP contribution in [0.25, 0.3) is 0 Å². The normalized spacial score (nSPS) is 21.7. The molecule has 0 saturated heterocycles. The fourth-order valence-electron chi connectivity index (χ4n) is 3.82. The fraction of sp³-hybridized carbons (Fsp3) is 0.368. The summed E-state index contributed by atoms with van der Waals surface area (Å²) in [6, 6.07) is 5.04. The lowest BCUT2D eigenvalue weighted by Crippen LogP contribution is -2.32. The lowest BCUT2D eigenvalue weighted by Gasteiger charge is -2.34. The Kier molecular flexibility index (Phi) is 3.39. The number of aromatic hydroxyl groups is 1. The molecular formula is C19H22N4O2. The first-order valence-corrected chi connectivity index (χ1v) is 8.44. The zero-order valence-electron chi connectivity index (χ0n) is 14.6. The molecule has 1 aromatic heterocycles. The van der Waals surface area contributed by atoms with Gasteiger partial charge in [0.2, 0.25) is 0 Å². The number of nitrogens with zero attached hydrogens (tertiary/aromatic N) is 2. The zero-order chi connectivity index (χ0) is 17.8. The van der Waals surface area contributed by atoms with Gasteiger partial charge in [-0.2, -0.15) is 0 Å². The van der Waals surface area contributed by atoms with Gasteiger partial charge in [-0.05, 0) is 24.0 Å². The van der Waals surface area contributed by atoms with Crippen LogP contribution in [-0.2, 0) is 11.8 Å². The molecule has 1 atom stereocenters. The van der Waals surface area contributed by atoms with E-state index in [9.17, 15) is 9.90 Å². The van der Waals surface area contributed by atoms with Crippen LogP contribution in [0.1, 0.15) is 38.4 Å². The molecule has 0 fully saturated rings. The maximum atomic E-state index is 13.0. The molecule has 2 aliphatic rings. The number of nitrogens with one attached hydrogen (secondary N) is 2. The number of benzene rings is 1. The van der Waals surface area contributed by atoms with Gasteiger partial charge in [0, 0.05) is 24.7 Å². The second kappa shape index (κ2) is 5.37. The molecule has 0 radical (unpaired) electrons. The minimum absolute atomic E-state index is 0.116. The molecule has 1 unspecified atom stereocenters. The SMILES string of the molecule is Cn1cncc1C1Nc2cccc(O)c2NC2=C1C(=O)CC(C)(C)C2. The number of hydrogen-bond donors (Lipinski definition) is 3. The number of imidazole rings is 1. The Morgan fingerprint density at radius 2 is 2.12 bits per heavy atom. The number of carbonyl (C=O) groups excluding carboxylic acids is 1. The highest BCUT2D eigenvalue weighted by Gasteiger charge is 2.39. The average Bonchev–Trinajstić information content (AvgIpc) is 2.85. The molecule has 0 amide bonds. The second-order valence-electron chi connectivity index (χ2n) is 7.66. The Balaban J connectivity index is 1.93. The molecule has 1 aromatic carbocycles. The first-order valence-electron chi connectivity index (χ1n) is 8.44. The molecule has 3 N–H and O–H groups in total. The average molecular weight is 338 g/mol. The van der Waals surface area contributed by atoms with Gasteiger partial charge < -0.3 is 20.3 Å². The number of carbonyl (C=O) groups is 1. The summed E-state index contributed by atoms with van der Waals surface area (Å²) in [7, 11) is 1.92. The quantitative estimate of drug-likeness (QED) is 0.695. The third-order valence-corrected chi connectivity index (χ3v) is 4.98. The number of aromatic nitrogens is 2. The summed E-state index contributed by atoms with van der Waals surface area (Å²) in [5.74, 6) is 0.295. The van der Waals surface area contributed by atoms with E-state index in [1.807, 2.05) is 17.7 Å². The van der Waals surface area contributed by atoms with Gasteiger partial charge in [-0.3, -0.25) is 4.79 Å². The van der Waals surface area contributed by atoms with Crippen LogP contribution < -0.4 is 10.6 Å². The summed E-state index contributed by atoms with van der Waals surface area (Å²) in [6.07, 6.45) is 4.77. The summed E-state index contributed by atoms with van der Waals surface area (Å²) in [6.45, 7) is 4.19. The van der Waals surface area contributed by atoms with E-state index < -0.39 is 0 Å². The maximum absolute atomic E-state index is 13.0. The van der Waals surface area contributed by atoms with Gasteiger partial charge in [-0.25, -0.2) is 4.98 Å². The first kappa shape index (κ1) is 15.7. The summed E-state index contributed by atoms with van der Waals surface area (Å²) in [5, 5.41) is 17.1. The van der Waals surface area contributed by atoms with Crippen molar-refractivity contribution in [3.05, 3.63) is 47.7 Å². The first-order chi connectivity index (χ1) is 11.9. The number of aryl methyl sites for hydroxylation is 1. The topological polar surface area (TPSA) is 79.2 Å². The number of ketones is 1. The number of phenolic OH excluding ortho intramolecular Hbond substituents is 1. The molecule has 2 aromatic rings. The Labute approximate surface area is 146 Å². The minimum Gasteiger partial charge on any atom is -0.506 e. The zero-order valence-corrected chi connectivity index (χ0v) is 14.6. The lowest BCUT2D eigenvalue weighted by molar-refractivity contribution is -0.118. The third kappa shape index (κ3) is 2.58. The van der Waals surface area contributed by atoms with E-state index in [1.54, 1.807) is 24.7 Å². The number of phenols is 1. The Bertz CT molecular complexity index is 895. The standard InChI is InChI=1S/C19H22N4O2/c1-19(2)7-12-16(15(25)8-19)18(13-9-20-10-23(13)3)21-11-5-4-6-14(24)17(11)22-12/h4-6,9-10,18,21-22,24H,7-8H2,1-3H3. The molecule has 6 nitrogen and oxygen atoms in total. The third-order valence-electron chi connectivity index (χ3n) is 4.98. The molecule has 1 aliphatic heterocycles. The van der Waals surface area contributed by atoms with Crippen LogP contribution in [0, 0.1) is 5.41 Å². The van der Waals surface area contributed by atoms with Crippen molar-refractivity contribution < 1.29 is 9.90 Å². The van der Waals surface area contributed by atoms with E-state index in [0.717, 1.165) is 29.1 Å². The van der Waals surface area contributed by atoms with E-state index >= 15 is 0 Å². The van der Waals surface area contributed by atoms with Crippen molar-refractivity contribution in [1.82, 2.24) is 9.55 Å². The smallest absolute Gasteiger partial charge is 0.163 e. The lowest BCUT2D eigenvalue weighted by atomic mass is 9.74. The van der Waals surface area contributed by atoms with Crippen LogP contribution in [0.5, 0.6) is 5.75 Å². The Morgan fingerprint density at radius 1 is 1.32 bits per heavy atom. The van der Waals surface area contributed by atoms with Crippen LogP contribution in [0.3, 0.4) is 0 Å². The second-order valence-corrected chi connectivity index (χ2v) is 7.66. The highest BCUT2D eigenvalue weighted by molar-refractivity contribution is 6.01. The maximum Gasteiger partial charge on any atom is 0.163 e. The van der Waals surface area contributed by atoms with Gasteiger partial charge in [0.05, 0.1) is 29.9 Å². The van der Waals surface area contributed by atoms with Gasteiger partial charge in [0.15, 0.2) is 5.78 Å². The largest absolute Gasteiger partial charge is 0.506 e. The van der Waals surface area contributed by atoms with Gasteiger partial charge in [0.25, 0.3) is 0 Å². The van der Waals surface area contributed by atoms with Crippen molar-refractivity contribution in [2.24, 2.45) is 12.5 Å². The molecule has 1 aliphatic carbocycles. The number of Topliss-reactive ketones (excluding diaryl/α,β-unsaturated/α-hetero) is 1. The molecule has 25 heavy (non-hydrogen) atoms. The highest BCUT2D eigenvalue weighted by Crippen LogP contribution is 2.47. The molecule has 0 saturated carbocycles. The molecule has 6 heteroatoms. The number of rotatable bonds is 1. The van der Waals surface area contributed by atoms with Crippen molar-refractivity contribution in [2.45, 2.75) is 32.7 Å². The van der Waals surface area contributed by atoms with Crippen LogP contribution >= 0.6 is 0 Å². The highest BCUT2D eigenvalue weighted by atomic mass is 16.3. The number of anilines is 2. The van der Waals surface area contributed by atoms with Crippen LogP contribution in [0.4, 0.5) is 11.4 Å².